The number of aromatic nitrogens is 4. The Morgan fingerprint density at radius 3 is 2.46 bits per heavy atom. The zero-order valence-corrected chi connectivity index (χ0v) is 15.9. The Morgan fingerprint density at radius 2 is 1.86 bits per heavy atom. The maximum atomic E-state index is 13.0. The average molecular weight is 411 g/mol. The Kier molecular flexibility index (Phi) is 5.46. The summed E-state index contributed by atoms with van der Waals surface area (Å²) in [5.74, 6) is 0.683. The van der Waals surface area contributed by atoms with Gasteiger partial charge in [-0.1, -0.05) is 24.3 Å². The van der Waals surface area contributed by atoms with Gasteiger partial charge >= 0.3 is 6.18 Å². The van der Waals surface area contributed by atoms with Crippen LogP contribution in [0.3, 0.4) is 0 Å². The van der Waals surface area contributed by atoms with Gasteiger partial charge in [0.1, 0.15) is 5.82 Å². The lowest BCUT2D eigenvalue weighted by Crippen LogP contribution is -2.05. The number of nitrogens with zero attached hydrogens (tertiary/aromatic N) is 4. The molecule has 2 heterocycles. The fourth-order valence-corrected chi connectivity index (χ4v) is 2.74. The summed E-state index contributed by atoms with van der Waals surface area (Å²) in [6.45, 7) is 4.02. The van der Waals surface area contributed by atoms with Crippen LogP contribution < -0.4 is 11.1 Å². The molecule has 0 aliphatic carbocycles. The second kappa shape index (κ2) is 7.67. The number of imidazole rings is 1. The van der Waals surface area contributed by atoms with Crippen LogP contribution in [-0.2, 0) is 12.7 Å². The lowest BCUT2D eigenvalue weighted by molar-refractivity contribution is -0.140. The van der Waals surface area contributed by atoms with E-state index in [1.165, 1.54) is 10.8 Å². The third-order valence-corrected chi connectivity index (χ3v) is 4.22. The molecule has 0 fully saturated rings. The maximum absolute atomic E-state index is 13.0. The van der Waals surface area contributed by atoms with Crippen molar-refractivity contribution in [1.29, 1.82) is 0 Å². The van der Waals surface area contributed by atoms with E-state index in [9.17, 15) is 13.2 Å². The second-order valence-electron chi connectivity index (χ2n) is 6.44. The van der Waals surface area contributed by atoms with Gasteiger partial charge in [0.05, 0.1) is 11.9 Å². The minimum atomic E-state index is -4.49. The Labute approximate surface area is 164 Å². The zero-order valence-electron chi connectivity index (χ0n) is 15.1. The number of rotatable bonds is 5. The second-order valence-corrected chi connectivity index (χ2v) is 6.78. The summed E-state index contributed by atoms with van der Waals surface area (Å²) in [5.41, 5.74) is 6.72. The Hall–Kier alpha value is -2.81. The molecule has 1 aromatic carbocycles. The summed E-state index contributed by atoms with van der Waals surface area (Å²) in [6.07, 6.45) is -2.04. The van der Waals surface area contributed by atoms with E-state index in [1.807, 2.05) is 0 Å². The summed E-state index contributed by atoms with van der Waals surface area (Å²) in [6, 6.07) is 6.90. The molecule has 0 saturated heterocycles. The van der Waals surface area contributed by atoms with Crippen molar-refractivity contribution < 1.29 is 13.2 Å². The van der Waals surface area contributed by atoms with E-state index in [4.69, 9.17) is 17.3 Å². The molecule has 3 N–H and O–H groups in total. The standard InChI is InChI=1S/C18H18ClF3N6/c1-10(2)28-9-14(18(20,21)22)26-16(28)12-5-3-11(4-6-12)7-24-15-13(23)8-25-17(19)27-15/h3-6,8-10H,7,23H2,1-2H3,(H,24,25,27). The topological polar surface area (TPSA) is 81.7 Å². The van der Waals surface area contributed by atoms with E-state index in [1.54, 1.807) is 38.1 Å². The van der Waals surface area contributed by atoms with Crippen LogP contribution in [0.4, 0.5) is 24.7 Å². The largest absolute Gasteiger partial charge is 0.434 e. The lowest BCUT2D eigenvalue weighted by Gasteiger charge is -2.12. The summed E-state index contributed by atoms with van der Waals surface area (Å²) in [5, 5.41) is 3.13. The van der Waals surface area contributed by atoms with E-state index in [0.717, 1.165) is 11.8 Å². The van der Waals surface area contributed by atoms with Crippen LogP contribution in [0.1, 0.15) is 31.1 Å². The molecule has 0 radical (unpaired) electrons. The van der Waals surface area contributed by atoms with Crippen LogP contribution in [0.2, 0.25) is 5.28 Å². The zero-order chi connectivity index (χ0) is 20.5. The highest BCUT2D eigenvalue weighted by Crippen LogP contribution is 2.32. The Bertz CT molecular complexity index is 966. The molecule has 3 rings (SSSR count). The predicted molar refractivity (Wildman–Crippen MR) is 102 cm³/mol. The van der Waals surface area contributed by atoms with E-state index in [-0.39, 0.29) is 17.1 Å². The van der Waals surface area contributed by atoms with E-state index < -0.39 is 11.9 Å². The van der Waals surface area contributed by atoms with Gasteiger partial charge in [-0.3, -0.25) is 0 Å². The van der Waals surface area contributed by atoms with Gasteiger partial charge in [-0.05, 0) is 31.0 Å². The van der Waals surface area contributed by atoms with E-state index in [2.05, 4.69) is 20.3 Å². The van der Waals surface area contributed by atoms with Gasteiger partial charge in [-0.25, -0.2) is 9.97 Å². The normalized spacial score (nSPS) is 11.8. The number of alkyl halides is 3. The molecule has 10 heteroatoms. The van der Waals surface area contributed by atoms with Gasteiger partial charge in [0.2, 0.25) is 5.28 Å². The molecule has 2 aromatic heterocycles. The van der Waals surface area contributed by atoms with E-state index in [0.29, 0.717) is 23.6 Å². The minimum Gasteiger partial charge on any atom is -0.394 e. The Morgan fingerprint density at radius 1 is 1.18 bits per heavy atom. The molecule has 0 spiro atoms. The first-order valence-corrected chi connectivity index (χ1v) is 8.80. The summed E-state index contributed by atoms with van der Waals surface area (Å²) in [4.78, 5) is 11.6. The summed E-state index contributed by atoms with van der Waals surface area (Å²) in [7, 11) is 0. The van der Waals surface area contributed by atoms with Gasteiger partial charge in [0.15, 0.2) is 11.5 Å². The quantitative estimate of drug-likeness (QED) is 0.591. The fraction of sp³-hybridized carbons (Fsp3) is 0.278. The predicted octanol–water partition coefficient (Wildman–Crippen LogP) is 4.79. The average Bonchev–Trinajstić information content (AvgIpc) is 3.09. The molecule has 0 bridgehead atoms. The highest BCUT2D eigenvalue weighted by Gasteiger charge is 2.35. The molecule has 28 heavy (non-hydrogen) atoms. The molecule has 6 nitrogen and oxygen atoms in total. The third-order valence-electron chi connectivity index (χ3n) is 4.04. The number of nitrogens with one attached hydrogen (secondary N) is 1. The smallest absolute Gasteiger partial charge is 0.394 e. The van der Waals surface area contributed by atoms with Gasteiger partial charge < -0.3 is 15.6 Å². The molecule has 0 atom stereocenters. The summed E-state index contributed by atoms with van der Waals surface area (Å²) < 4.78 is 40.6. The van der Waals surface area contributed by atoms with E-state index >= 15 is 0 Å². The molecule has 0 aliphatic heterocycles. The number of anilines is 2. The minimum absolute atomic E-state index is 0.0769. The van der Waals surface area contributed by atoms with Gasteiger partial charge in [-0.15, -0.1) is 0 Å². The van der Waals surface area contributed by atoms with Crippen molar-refractivity contribution in [3.63, 3.8) is 0 Å². The molecule has 148 valence electrons. The molecular weight excluding hydrogens is 393 g/mol. The highest BCUT2D eigenvalue weighted by atomic mass is 35.5. The first-order valence-electron chi connectivity index (χ1n) is 8.42. The van der Waals surface area contributed by atoms with Gasteiger partial charge in [-0.2, -0.15) is 18.2 Å². The van der Waals surface area contributed by atoms with Crippen LogP contribution >= 0.6 is 11.6 Å². The molecule has 0 amide bonds. The number of hydrogen-bond donors (Lipinski definition) is 2. The number of halogens is 4. The van der Waals surface area contributed by atoms with Gasteiger partial charge in [0.25, 0.3) is 0 Å². The fourth-order valence-electron chi connectivity index (χ4n) is 2.61. The lowest BCUT2D eigenvalue weighted by atomic mass is 10.1. The SMILES string of the molecule is CC(C)n1cc(C(F)(F)F)nc1-c1ccc(CNc2nc(Cl)ncc2N)cc1. The van der Waals surface area contributed by atoms with Gasteiger partial charge in [0, 0.05) is 24.3 Å². The van der Waals surface area contributed by atoms with Crippen LogP contribution in [0.25, 0.3) is 11.4 Å². The van der Waals surface area contributed by atoms with Crippen molar-refractivity contribution in [3.8, 4) is 11.4 Å². The van der Waals surface area contributed by atoms with Crippen LogP contribution in [0.15, 0.2) is 36.7 Å². The first-order chi connectivity index (χ1) is 13.1. The van der Waals surface area contributed by atoms with Crippen molar-refractivity contribution in [2.45, 2.75) is 32.6 Å². The monoisotopic (exact) mass is 410 g/mol. The number of hydrogen-bond acceptors (Lipinski definition) is 5. The number of benzene rings is 1. The molecule has 3 aromatic rings. The summed E-state index contributed by atoms with van der Waals surface area (Å²) >= 11 is 5.75. The third kappa shape index (κ3) is 4.36. The van der Waals surface area contributed by atoms with Crippen molar-refractivity contribution in [1.82, 2.24) is 19.5 Å². The molecule has 0 aliphatic rings. The van der Waals surface area contributed by atoms with Crippen LogP contribution in [0.5, 0.6) is 0 Å². The number of nitrogen functional groups attached to an aromatic ring is 1. The van der Waals surface area contributed by atoms with Crippen molar-refractivity contribution in [2.75, 3.05) is 11.1 Å². The van der Waals surface area contributed by atoms with Crippen LogP contribution in [-0.4, -0.2) is 19.5 Å². The number of nitrogens with two attached hydrogens (primary N) is 1. The highest BCUT2D eigenvalue weighted by molar-refractivity contribution is 6.28. The van der Waals surface area contributed by atoms with Crippen molar-refractivity contribution >= 4 is 23.1 Å². The molecular formula is C18H18ClF3N6. The van der Waals surface area contributed by atoms with Crippen molar-refractivity contribution in [2.24, 2.45) is 0 Å². The first kappa shape index (κ1) is 19.9. The van der Waals surface area contributed by atoms with Crippen molar-refractivity contribution in [3.05, 3.63) is 53.2 Å². The molecule has 0 saturated carbocycles. The maximum Gasteiger partial charge on any atom is 0.434 e. The Balaban J connectivity index is 1.81. The molecule has 0 unspecified atom stereocenters. The van der Waals surface area contributed by atoms with Crippen LogP contribution in [0, 0.1) is 0 Å².